The van der Waals surface area contributed by atoms with Gasteiger partial charge in [0, 0.05) is 6.04 Å². The van der Waals surface area contributed by atoms with Gasteiger partial charge in [-0.3, -0.25) is 0 Å². The standard InChI is InChI=1S/C12H18N2O2/c1-4-9(2)13-12(15)14-10-7-5-6-8-11(10)16-3/h5-9H,4H2,1-3H3,(H2,13,14,15)/t9-/m1/s1. The zero-order valence-corrected chi connectivity index (χ0v) is 9.91. The van der Waals surface area contributed by atoms with Gasteiger partial charge in [-0.2, -0.15) is 0 Å². The second kappa shape index (κ2) is 6.00. The Morgan fingerprint density at radius 2 is 2.12 bits per heavy atom. The number of hydrogen-bond donors (Lipinski definition) is 2. The molecule has 1 aromatic carbocycles. The van der Waals surface area contributed by atoms with Crippen LogP contribution in [0.1, 0.15) is 20.3 Å². The van der Waals surface area contributed by atoms with E-state index in [1.807, 2.05) is 26.0 Å². The van der Waals surface area contributed by atoms with Crippen LogP contribution in [0.3, 0.4) is 0 Å². The van der Waals surface area contributed by atoms with E-state index in [2.05, 4.69) is 10.6 Å². The third kappa shape index (κ3) is 3.46. The molecule has 0 spiro atoms. The lowest BCUT2D eigenvalue weighted by molar-refractivity contribution is 0.249. The first kappa shape index (κ1) is 12.4. The predicted octanol–water partition coefficient (Wildman–Crippen LogP) is 2.62. The highest BCUT2D eigenvalue weighted by Crippen LogP contribution is 2.22. The van der Waals surface area contributed by atoms with E-state index in [4.69, 9.17) is 4.74 Å². The Bertz CT molecular complexity index is 353. The van der Waals surface area contributed by atoms with Gasteiger partial charge in [0.2, 0.25) is 0 Å². The molecule has 0 aliphatic carbocycles. The van der Waals surface area contributed by atoms with Crippen molar-refractivity contribution in [3.63, 3.8) is 0 Å². The van der Waals surface area contributed by atoms with Gasteiger partial charge in [0.05, 0.1) is 12.8 Å². The number of carbonyl (C=O) groups excluding carboxylic acids is 1. The minimum Gasteiger partial charge on any atom is -0.495 e. The molecule has 1 atom stereocenters. The zero-order valence-electron chi connectivity index (χ0n) is 9.91. The molecule has 0 aliphatic heterocycles. The average molecular weight is 222 g/mol. The molecule has 1 aromatic rings. The van der Waals surface area contributed by atoms with E-state index < -0.39 is 0 Å². The molecule has 4 nitrogen and oxygen atoms in total. The van der Waals surface area contributed by atoms with Crippen molar-refractivity contribution in [3.05, 3.63) is 24.3 Å². The molecule has 0 heterocycles. The van der Waals surface area contributed by atoms with E-state index in [0.29, 0.717) is 11.4 Å². The Balaban J connectivity index is 2.62. The van der Waals surface area contributed by atoms with Crippen LogP contribution in [0.15, 0.2) is 24.3 Å². The van der Waals surface area contributed by atoms with Gasteiger partial charge >= 0.3 is 6.03 Å². The first-order valence-electron chi connectivity index (χ1n) is 5.38. The first-order chi connectivity index (χ1) is 7.67. The van der Waals surface area contributed by atoms with Crippen molar-refractivity contribution >= 4 is 11.7 Å². The number of methoxy groups -OCH3 is 1. The highest BCUT2D eigenvalue weighted by Gasteiger charge is 2.08. The maximum Gasteiger partial charge on any atom is 0.319 e. The smallest absolute Gasteiger partial charge is 0.319 e. The summed E-state index contributed by atoms with van der Waals surface area (Å²) in [6, 6.07) is 7.26. The molecule has 0 saturated heterocycles. The van der Waals surface area contributed by atoms with E-state index in [1.54, 1.807) is 19.2 Å². The van der Waals surface area contributed by atoms with Gasteiger partial charge in [-0.1, -0.05) is 19.1 Å². The highest BCUT2D eigenvalue weighted by atomic mass is 16.5. The molecule has 2 amide bonds. The van der Waals surface area contributed by atoms with Crippen LogP contribution < -0.4 is 15.4 Å². The fourth-order valence-electron chi connectivity index (χ4n) is 1.23. The van der Waals surface area contributed by atoms with Crippen molar-refractivity contribution < 1.29 is 9.53 Å². The first-order valence-corrected chi connectivity index (χ1v) is 5.38. The van der Waals surface area contributed by atoms with Gasteiger partial charge in [-0.15, -0.1) is 0 Å². The van der Waals surface area contributed by atoms with Gasteiger partial charge in [-0.25, -0.2) is 4.79 Å². The number of benzene rings is 1. The summed E-state index contributed by atoms with van der Waals surface area (Å²) in [5, 5.41) is 5.58. The molecule has 0 unspecified atom stereocenters. The predicted molar refractivity (Wildman–Crippen MR) is 64.9 cm³/mol. The molecule has 0 fully saturated rings. The number of urea groups is 1. The summed E-state index contributed by atoms with van der Waals surface area (Å²) in [6.45, 7) is 3.98. The van der Waals surface area contributed by atoms with Crippen molar-refractivity contribution in [1.29, 1.82) is 0 Å². The second-order valence-corrected chi connectivity index (χ2v) is 3.61. The van der Waals surface area contributed by atoms with Crippen molar-refractivity contribution in [3.8, 4) is 5.75 Å². The SMILES string of the molecule is CC[C@@H](C)NC(=O)Nc1ccccc1OC. The van der Waals surface area contributed by atoms with Crippen LogP contribution in [-0.2, 0) is 0 Å². The minimum atomic E-state index is -0.209. The molecule has 2 N–H and O–H groups in total. The zero-order chi connectivity index (χ0) is 12.0. The number of ether oxygens (including phenoxy) is 1. The van der Waals surface area contributed by atoms with E-state index in [-0.39, 0.29) is 12.1 Å². The largest absolute Gasteiger partial charge is 0.495 e. The van der Waals surface area contributed by atoms with E-state index in [9.17, 15) is 4.79 Å². The molecule has 1 rings (SSSR count). The number of nitrogens with one attached hydrogen (secondary N) is 2. The molecule has 0 radical (unpaired) electrons. The van der Waals surface area contributed by atoms with E-state index in [0.717, 1.165) is 6.42 Å². The number of amides is 2. The van der Waals surface area contributed by atoms with Crippen LogP contribution in [0, 0.1) is 0 Å². The summed E-state index contributed by atoms with van der Waals surface area (Å²) >= 11 is 0. The van der Waals surface area contributed by atoms with Crippen LogP contribution in [0.4, 0.5) is 10.5 Å². The second-order valence-electron chi connectivity index (χ2n) is 3.61. The molecular weight excluding hydrogens is 204 g/mol. The third-order valence-corrected chi connectivity index (χ3v) is 2.35. The Kier molecular flexibility index (Phi) is 4.64. The van der Waals surface area contributed by atoms with Crippen LogP contribution in [0.5, 0.6) is 5.75 Å². The molecular formula is C12H18N2O2. The van der Waals surface area contributed by atoms with Crippen LogP contribution in [0.2, 0.25) is 0 Å². The maximum absolute atomic E-state index is 11.6. The minimum absolute atomic E-state index is 0.162. The highest BCUT2D eigenvalue weighted by molar-refractivity contribution is 5.91. The average Bonchev–Trinajstić information content (AvgIpc) is 2.29. The Labute approximate surface area is 96.0 Å². The number of anilines is 1. The Hall–Kier alpha value is -1.71. The van der Waals surface area contributed by atoms with Gasteiger partial charge in [0.1, 0.15) is 5.75 Å². The summed E-state index contributed by atoms with van der Waals surface area (Å²) < 4.78 is 5.14. The number of hydrogen-bond acceptors (Lipinski definition) is 2. The van der Waals surface area contributed by atoms with Crippen molar-refractivity contribution in [1.82, 2.24) is 5.32 Å². The Morgan fingerprint density at radius 1 is 1.44 bits per heavy atom. The van der Waals surface area contributed by atoms with Crippen molar-refractivity contribution in [2.45, 2.75) is 26.3 Å². The lowest BCUT2D eigenvalue weighted by Crippen LogP contribution is -2.35. The van der Waals surface area contributed by atoms with Gasteiger partial charge in [-0.05, 0) is 25.5 Å². The quantitative estimate of drug-likeness (QED) is 0.822. The van der Waals surface area contributed by atoms with Gasteiger partial charge in [0.15, 0.2) is 0 Å². The fraction of sp³-hybridized carbons (Fsp3) is 0.417. The summed E-state index contributed by atoms with van der Waals surface area (Å²) in [6.07, 6.45) is 0.902. The van der Waals surface area contributed by atoms with Crippen LogP contribution in [-0.4, -0.2) is 19.2 Å². The van der Waals surface area contributed by atoms with Gasteiger partial charge < -0.3 is 15.4 Å². The molecule has 0 aromatic heterocycles. The van der Waals surface area contributed by atoms with Crippen molar-refractivity contribution in [2.75, 3.05) is 12.4 Å². The molecule has 16 heavy (non-hydrogen) atoms. The third-order valence-electron chi connectivity index (χ3n) is 2.35. The summed E-state index contributed by atoms with van der Waals surface area (Å²) in [4.78, 5) is 11.6. The monoisotopic (exact) mass is 222 g/mol. The topological polar surface area (TPSA) is 50.4 Å². The van der Waals surface area contributed by atoms with E-state index in [1.165, 1.54) is 0 Å². The van der Waals surface area contributed by atoms with Crippen LogP contribution >= 0.6 is 0 Å². The normalized spacial score (nSPS) is 11.7. The van der Waals surface area contributed by atoms with Crippen LogP contribution in [0.25, 0.3) is 0 Å². The number of para-hydroxylation sites is 2. The van der Waals surface area contributed by atoms with Crippen molar-refractivity contribution in [2.24, 2.45) is 0 Å². The molecule has 0 saturated carbocycles. The van der Waals surface area contributed by atoms with Gasteiger partial charge in [0.25, 0.3) is 0 Å². The molecule has 0 aliphatic rings. The summed E-state index contributed by atoms with van der Waals surface area (Å²) in [5.41, 5.74) is 0.672. The number of rotatable bonds is 4. The number of carbonyl (C=O) groups is 1. The fourth-order valence-corrected chi connectivity index (χ4v) is 1.23. The lowest BCUT2D eigenvalue weighted by Gasteiger charge is -2.14. The molecule has 4 heteroatoms. The Morgan fingerprint density at radius 3 is 2.75 bits per heavy atom. The maximum atomic E-state index is 11.6. The van der Waals surface area contributed by atoms with E-state index >= 15 is 0 Å². The molecule has 0 bridgehead atoms. The lowest BCUT2D eigenvalue weighted by atomic mass is 10.2. The molecule has 88 valence electrons. The summed E-state index contributed by atoms with van der Waals surface area (Å²) in [5.74, 6) is 0.654. The summed E-state index contributed by atoms with van der Waals surface area (Å²) in [7, 11) is 1.58.